The summed E-state index contributed by atoms with van der Waals surface area (Å²) in [5.41, 5.74) is 21.5. The second-order valence-corrected chi connectivity index (χ2v) is 16.2. The van der Waals surface area contributed by atoms with Crippen molar-refractivity contribution < 1.29 is 21.2 Å². The van der Waals surface area contributed by atoms with Crippen LogP contribution in [0.1, 0.15) is 237 Å². The van der Waals surface area contributed by atoms with Crippen molar-refractivity contribution in [3.8, 4) is 0 Å². The summed E-state index contributed by atoms with van der Waals surface area (Å²) >= 11 is 0. The molecular formula is C55H90N2Ni. The maximum Gasteiger partial charge on any atom is 2.00 e. The molecule has 0 fully saturated rings. The Hall–Kier alpha value is -2.25. The van der Waals surface area contributed by atoms with Crippen molar-refractivity contribution in [2.75, 3.05) is 0 Å². The third-order valence-electron chi connectivity index (χ3n) is 11.4. The summed E-state index contributed by atoms with van der Waals surface area (Å²) in [6, 6.07) is 17.9. The number of allylic oxidation sites excluding steroid dienone is 4. The molecule has 0 aliphatic carbocycles. The van der Waals surface area contributed by atoms with Crippen LogP contribution in [0.4, 0.5) is 0 Å². The summed E-state index contributed by atoms with van der Waals surface area (Å²) in [4.78, 5) is 0. The topological polar surface area (TPSA) is 25.3 Å². The Morgan fingerprint density at radius 3 is 1.24 bits per heavy atom. The minimum absolute atomic E-state index is 0. The van der Waals surface area contributed by atoms with E-state index >= 15 is 0 Å². The van der Waals surface area contributed by atoms with Gasteiger partial charge < -0.3 is 19.4 Å². The summed E-state index contributed by atoms with van der Waals surface area (Å²) in [5.74, 6) is 0. The molecule has 3 rings (SSSR count). The Bertz CT molecular complexity index is 1380. The second-order valence-electron chi connectivity index (χ2n) is 16.2. The number of benzene rings is 2. The van der Waals surface area contributed by atoms with Crippen molar-refractivity contribution in [3.05, 3.63) is 113 Å². The fraction of sp³-hybridized carbons (Fsp3) is 0.636. The molecule has 0 spiro atoms. The van der Waals surface area contributed by atoms with Crippen molar-refractivity contribution in [1.82, 2.24) is 0 Å². The first-order chi connectivity index (χ1) is 28.1. The van der Waals surface area contributed by atoms with Gasteiger partial charge in [-0.15, -0.1) is 0 Å². The van der Waals surface area contributed by atoms with Crippen molar-refractivity contribution in [3.63, 3.8) is 0 Å². The largest absolute Gasteiger partial charge is 2.00 e. The van der Waals surface area contributed by atoms with Crippen LogP contribution in [0.5, 0.6) is 0 Å². The van der Waals surface area contributed by atoms with Crippen LogP contribution in [0.3, 0.4) is 0 Å². The number of hydrogen-bond donors (Lipinski definition) is 0. The van der Waals surface area contributed by atoms with Gasteiger partial charge in [-0.3, -0.25) is 0 Å². The number of unbranched alkanes of at least 4 members (excludes halogenated alkanes) is 22. The van der Waals surface area contributed by atoms with Crippen LogP contribution in [-0.4, -0.2) is 4.70 Å². The number of aryl methyl sites for hydroxylation is 2. The number of nitrogens with zero attached hydrogens (tertiary/aromatic N) is 2. The van der Waals surface area contributed by atoms with E-state index in [-0.39, 0.29) is 16.5 Å². The summed E-state index contributed by atoms with van der Waals surface area (Å²) < 4.78 is 1.54. The van der Waals surface area contributed by atoms with Gasteiger partial charge in [0.05, 0.1) is 5.57 Å². The molecule has 0 unspecified atom stereocenters. The molecule has 2 aromatic carbocycles. The van der Waals surface area contributed by atoms with Gasteiger partial charge in [0.25, 0.3) is 0 Å². The van der Waals surface area contributed by atoms with Crippen molar-refractivity contribution >= 4 is 11.4 Å². The van der Waals surface area contributed by atoms with Crippen molar-refractivity contribution in [2.45, 2.75) is 228 Å². The van der Waals surface area contributed by atoms with E-state index in [2.05, 4.69) is 102 Å². The van der Waals surface area contributed by atoms with Crippen molar-refractivity contribution in [1.29, 1.82) is 0 Å². The van der Waals surface area contributed by atoms with Crippen LogP contribution in [0, 0.1) is 13.8 Å². The third-order valence-corrected chi connectivity index (χ3v) is 11.4. The molecule has 1 heterocycles. The molecule has 0 aromatic heterocycles. The molecule has 2 nitrogen and oxygen atoms in total. The normalized spacial score (nSPS) is 12.4. The molecular weight excluding hydrogens is 747 g/mol. The number of hydrogen-bond acceptors (Lipinski definition) is 0. The first-order valence-electron chi connectivity index (χ1n) is 24.4. The molecule has 2 aromatic rings. The molecule has 0 amide bonds. The second kappa shape index (κ2) is 38.9. The van der Waals surface area contributed by atoms with Crippen molar-refractivity contribution in [2.24, 2.45) is 0 Å². The molecule has 58 heavy (non-hydrogen) atoms. The fourth-order valence-electron chi connectivity index (χ4n) is 8.04. The standard InChI is InChI=1S/C51H80N2.2C2H5.Ni/c1-5-9-13-14-15-16-17-18-19-20-21-22-23-24-25-26-27-28-29-30-31-41-49-48(40-12-8-4)50(46-38-32-36-44(42-46)34-10-6-2)53(52)51(49)47-39-33-37-45(43-47)35-11-7-3;2*1-2;/h31-33,36-39,41-43H,5-30,34-35,40H2,1-4H3;2*1H2,2H3;/q;2*-1;+2. The van der Waals surface area contributed by atoms with E-state index in [1.54, 1.807) is 18.5 Å². The Morgan fingerprint density at radius 2 is 0.828 bits per heavy atom. The first-order valence-corrected chi connectivity index (χ1v) is 24.4. The minimum Gasteiger partial charge on any atom is -0.493 e. The van der Waals surface area contributed by atoms with Gasteiger partial charge in [0.2, 0.25) is 11.4 Å². The number of rotatable bonds is 32. The van der Waals surface area contributed by atoms with Gasteiger partial charge in [-0.25, -0.2) is 4.70 Å². The van der Waals surface area contributed by atoms with E-state index in [9.17, 15) is 5.53 Å². The molecule has 0 atom stereocenters. The molecule has 0 saturated carbocycles. The van der Waals surface area contributed by atoms with E-state index in [1.807, 2.05) is 0 Å². The van der Waals surface area contributed by atoms with Gasteiger partial charge in [-0.2, -0.15) is 13.8 Å². The zero-order valence-corrected chi connectivity index (χ0v) is 39.9. The predicted molar refractivity (Wildman–Crippen MR) is 256 cm³/mol. The quantitative estimate of drug-likeness (QED) is 0.0304. The molecule has 330 valence electrons. The fourth-order valence-corrected chi connectivity index (χ4v) is 8.04. The Labute approximate surface area is 372 Å². The van der Waals surface area contributed by atoms with Gasteiger partial charge in [0.15, 0.2) is 0 Å². The van der Waals surface area contributed by atoms with Crippen LogP contribution in [0.15, 0.2) is 71.8 Å². The Balaban J connectivity index is 0.00000629. The van der Waals surface area contributed by atoms with E-state index in [1.165, 1.54) is 170 Å². The smallest absolute Gasteiger partial charge is 0.493 e. The van der Waals surface area contributed by atoms with Gasteiger partial charge in [0, 0.05) is 16.7 Å². The summed E-state index contributed by atoms with van der Waals surface area (Å²) in [6.45, 7) is 19.1. The van der Waals surface area contributed by atoms with E-state index < -0.39 is 0 Å². The van der Waals surface area contributed by atoms with E-state index in [0.29, 0.717) is 0 Å². The van der Waals surface area contributed by atoms with Gasteiger partial charge >= 0.3 is 16.5 Å². The van der Waals surface area contributed by atoms with Crippen LogP contribution in [0.25, 0.3) is 16.9 Å². The summed E-state index contributed by atoms with van der Waals surface area (Å²) in [5, 5.41) is 0. The maximum absolute atomic E-state index is 12.1. The maximum atomic E-state index is 12.1. The zero-order chi connectivity index (χ0) is 41.8. The molecule has 0 N–H and O–H groups in total. The van der Waals surface area contributed by atoms with Gasteiger partial charge in [-0.1, -0.05) is 199 Å². The molecule has 0 bridgehead atoms. The molecule has 0 radical (unpaired) electrons. The van der Waals surface area contributed by atoms with Gasteiger partial charge in [0.1, 0.15) is 0 Å². The minimum atomic E-state index is 0. The molecule has 0 saturated heterocycles. The third kappa shape index (κ3) is 22.9. The summed E-state index contributed by atoms with van der Waals surface area (Å²) in [7, 11) is 0. The Kier molecular flexibility index (Phi) is 37.4. The first kappa shape index (κ1) is 55.8. The zero-order valence-electron chi connectivity index (χ0n) is 38.9. The van der Waals surface area contributed by atoms with Gasteiger partial charge in [-0.05, 0) is 86.8 Å². The predicted octanol–water partition coefficient (Wildman–Crippen LogP) is 18.8. The monoisotopic (exact) mass is 837 g/mol. The van der Waals surface area contributed by atoms with Crippen LogP contribution in [0.2, 0.25) is 0 Å². The van der Waals surface area contributed by atoms with E-state index in [0.717, 1.165) is 61.0 Å². The molecule has 1 aliphatic heterocycles. The molecule has 1 aliphatic rings. The van der Waals surface area contributed by atoms with E-state index in [4.69, 9.17) is 0 Å². The van der Waals surface area contributed by atoms with Crippen LogP contribution >= 0.6 is 0 Å². The molecule has 3 heteroatoms. The summed E-state index contributed by atoms with van der Waals surface area (Å²) in [6.07, 6.45) is 42.8. The SMILES string of the molecule is CCCCCCCCCCCCCCCCCCCCCC=CC1=C(c2cccc(CCCC)c2)[N+](=[N-])C(c2cccc(CCCC)c2)=C1CCCC.[CH2-]C.[CH2-]C.[Ni+2]. The average Bonchev–Trinajstić information content (AvgIpc) is 3.53. The van der Waals surface area contributed by atoms with Crippen LogP contribution in [-0.2, 0) is 29.3 Å². The average molecular weight is 838 g/mol. The Morgan fingerprint density at radius 1 is 0.466 bits per heavy atom. The van der Waals surface area contributed by atoms with Crippen LogP contribution < -0.4 is 0 Å².